The van der Waals surface area contributed by atoms with E-state index >= 15 is 0 Å². The summed E-state index contributed by atoms with van der Waals surface area (Å²) in [5, 5.41) is 4.14. The number of rotatable bonds is 3. The summed E-state index contributed by atoms with van der Waals surface area (Å²) in [5.74, 6) is 0. The summed E-state index contributed by atoms with van der Waals surface area (Å²) in [6.07, 6.45) is 5.38. The zero-order valence-corrected chi connectivity index (χ0v) is 7.52. The van der Waals surface area contributed by atoms with Crippen LogP contribution in [0.5, 0.6) is 0 Å². The van der Waals surface area contributed by atoms with Gasteiger partial charge in [0, 0.05) is 12.2 Å². The molecule has 1 aromatic heterocycles. The number of aryl methyl sites for hydroxylation is 2. The summed E-state index contributed by atoms with van der Waals surface area (Å²) >= 11 is 0. The normalized spacial score (nSPS) is 10.5. The second kappa shape index (κ2) is 3.56. The molecule has 0 atom stereocenters. The Kier molecular flexibility index (Phi) is 2.69. The van der Waals surface area contributed by atoms with Crippen LogP contribution in [0.2, 0.25) is 0 Å². The Morgan fingerprint density at radius 3 is 2.64 bits per heavy atom. The number of hydrogen-bond donors (Lipinski definition) is 0. The lowest BCUT2D eigenvalue weighted by molar-refractivity contribution is 0.558. The molecular formula is C9H15N2. The van der Waals surface area contributed by atoms with Crippen molar-refractivity contribution < 1.29 is 0 Å². The van der Waals surface area contributed by atoms with E-state index in [1.807, 2.05) is 11.6 Å². The molecule has 0 saturated carbocycles. The van der Waals surface area contributed by atoms with Gasteiger partial charge in [0.25, 0.3) is 0 Å². The zero-order chi connectivity index (χ0) is 8.27. The lowest BCUT2D eigenvalue weighted by Gasteiger charge is -2.01. The summed E-state index contributed by atoms with van der Waals surface area (Å²) in [6.45, 7) is 7.36. The van der Waals surface area contributed by atoms with Crippen LogP contribution in [-0.2, 0) is 6.54 Å². The summed E-state index contributed by atoms with van der Waals surface area (Å²) < 4.78 is 2.03. The molecule has 1 aromatic rings. The van der Waals surface area contributed by atoms with Gasteiger partial charge in [-0.15, -0.1) is 0 Å². The maximum absolute atomic E-state index is 4.14. The Labute approximate surface area is 68.2 Å². The minimum atomic E-state index is 1.03. The highest BCUT2D eigenvalue weighted by Gasteiger charge is 2.00. The maximum atomic E-state index is 4.14. The van der Waals surface area contributed by atoms with Crippen LogP contribution in [0.15, 0.2) is 0 Å². The first kappa shape index (κ1) is 8.31. The first-order valence-corrected chi connectivity index (χ1v) is 4.17. The highest BCUT2D eigenvalue weighted by atomic mass is 15.3. The Morgan fingerprint density at radius 1 is 1.45 bits per heavy atom. The van der Waals surface area contributed by atoms with Gasteiger partial charge in [-0.1, -0.05) is 13.3 Å². The average molecular weight is 151 g/mol. The molecule has 0 N–H and O–H groups in total. The highest BCUT2D eigenvalue weighted by Crippen LogP contribution is 2.05. The van der Waals surface area contributed by atoms with E-state index in [2.05, 4.69) is 25.1 Å². The summed E-state index contributed by atoms with van der Waals surface area (Å²) in [6, 6.07) is 0. The lowest BCUT2D eigenvalue weighted by atomic mass is 10.3. The predicted molar refractivity (Wildman–Crippen MR) is 45.4 cm³/mol. The number of aromatic nitrogens is 2. The van der Waals surface area contributed by atoms with Crippen molar-refractivity contribution in [2.45, 2.75) is 40.2 Å². The molecular weight excluding hydrogens is 136 g/mol. The third kappa shape index (κ3) is 1.82. The van der Waals surface area contributed by atoms with Crippen LogP contribution < -0.4 is 0 Å². The van der Waals surface area contributed by atoms with Crippen molar-refractivity contribution in [3.8, 4) is 0 Å². The van der Waals surface area contributed by atoms with Gasteiger partial charge in [-0.2, -0.15) is 5.10 Å². The molecule has 61 valence electrons. The van der Waals surface area contributed by atoms with Gasteiger partial charge in [0.15, 0.2) is 0 Å². The first-order chi connectivity index (χ1) is 5.25. The molecule has 1 rings (SSSR count). The minimum absolute atomic E-state index is 1.03. The molecule has 0 unspecified atom stereocenters. The topological polar surface area (TPSA) is 17.8 Å². The maximum Gasteiger partial charge on any atom is 0.116 e. The first-order valence-electron chi connectivity index (χ1n) is 4.17. The predicted octanol–water partition coefficient (Wildman–Crippen LogP) is 2.10. The lowest BCUT2D eigenvalue weighted by Crippen LogP contribution is -2.01. The van der Waals surface area contributed by atoms with Crippen LogP contribution in [0.3, 0.4) is 0 Å². The second-order valence-corrected chi connectivity index (χ2v) is 2.90. The fourth-order valence-electron chi connectivity index (χ4n) is 1.01. The smallest absolute Gasteiger partial charge is 0.116 e. The molecule has 0 aromatic carbocycles. The Bertz CT molecular complexity index is 225. The van der Waals surface area contributed by atoms with Crippen LogP contribution in [0, 0.1) is 20.0 Å². The van der Waals surface area contributed by atoms with Gasteiger partial charge in [-0.25, -0.2) is 0 Å². The largest absolute Gasteiger partial charge is 0.269 e. The molecule has 2 heteroatoms. The van der Waals surface area contributed by atoms with Crippen LogP contribution in [0.1, 0.15) is 31.0 Å². The summed E-state index contributed by atoms with van der Waals surface area (Å²) in [7, 11) is 0. The van der Waals surface area contributed by atoms with Gasteiger partial charge in [-0.3, -0.25) is 4.68 Å². The number of hydrogen-bond acceptors (Lipinski definition) is 1. The Balaban J connectivity index is 2.63. The van der Waals surface area contributed by atoms with E-state index < -0.39 is 0 Å². The SMILES string of the molecule is CCCCn1n[c]c(C)c1C. The van der Waals surface area contributed by atoms with Crippen molar-refractivity contribution in [2.24, 2.45) is 0 Å². The van der Waals surface area contributed by atoms with Crippen molar-refractivity contribution in [1.82, 2.24) is 9.78 Å². The molecule has 0 saturated heterocycles. The average Bonchev–Trinajstić information content (AvgIpc) is 2.31. The van der Waals surface area contributed by atoms with Crippen LogP contribution in [0.25, 0.3) is 0 Å². The monoisotopic (exact) mass is 151 g/mol. The number of nitrogens with zero attached hydrogens (tertiary/aromatic N) is 2. The minimum Gasteiger partial charge on any atom is -0.269 e. The van der Waals surface area contributed by atoms with E-state index in [0.29, 0.717) is 0 Å². The summed E-state index contributed by atoms with van der Waals surface area (Å²) in [5.41, 5.74) is 2.42. The molecule has 0 spiro atoms. The van der Waals surface area contributed by atoms with E-state index in [9.17, 15) is 0 Å². The van der Waals surface area contributed by atoms with Crippen molar-refractivity contribution in [3.05, 3.63) is 17.5 Å². The van der Waals surface area contributed by atoms with Crippen molar-refractivity contribution in [2.75, 3.05) is 0 Å². The van der Waals surface area contributed by atoms with Crippen molar-refractivity contribution in [1.29, 1.82) is 0 Å². The van der Waals surface area contributed by atoms with Crippen molar-refractivity contribution >= 4 is 0 Å². The molecule has 0 fully saturated rings. The molecule has 1 heterocycles. The highest BCUT2D eigenvalue weighted by molar-refractivity contribution is 5.11. The molecule has 0 aliphatic heterocycles. The Hall–Kier alpha value is -0.790. The fourth-order valence-corrected chi connectivity index (χ4v) is 1.01. The standard InChI is InChI=1S/C9H15N2/c1-4-5-6-11-9(3)8(2)7-10-11/h4-6H2,1-3H3. The van der Waals surface area contributed by atoms with Gasteiger partial charge in [0.2, 0.25) is 0 Å². The molecule has 11 heavy (non-hydrogen) atoms. The van der Waals surface area contributed by atoms with E-state index in [0.717, 1.165) is 6.54 Å². The van der Waals surface area contributed by atoms with E-state index in [1.165, 1.54) is 24.1 Å². The van der Waals surface area contributed by atoms with Crippen LogP contribution in [-0.4, -0.2) is 9.78 Å². The van der Waals surface area contributed by atoms with Gasteiger partial charge >= 0.3 is 0 Å². The van der Waals surface area contributed by atoms with Gasteiger partial charge < -0.3 is 0 Å². The third-order valence-electron chi connectivity index (χ3n) is 1.99. The molecule has 1 radical (unpaired) electrons. The van der Waals surface area contributed by atoms with Gasteiger partial charge in [0.1, 0.15) is 6.20 Å². The molecule has 0 bridgehead atoms. The molecule has 0 amide bonds. The zero-order valence-electron chi connectivity index (χ0n) is 7.52. The van der Waals surface area contributed by atoms with E-state index in [1.54, 1.807) is 0 Å². The van der Waals surface area contributed by atoms with Crippen LogP contribution >= 0.6 is 0 Å². The molecule has 2 nitrogen and oxygen atoms in total. The van der Waals surface area contributed by atoms with Gasteiger partial charge in [0.05, 0.1) is 0 Å². The second-order valence-electron chi connectivity index (χ2n) is 2.90. The van der Waals surface area contributed by atoms with E-state index in [4.69, 9.17) is 0 Å². The van der Waals surface area contributed by atoms with E-state index in [-0.39, 0.29) is 0 Å². The van der Waals surface area contributed by atoms with Gasteiger partial charge in [-0.05, 0) is 25.8 Å². The Morgan fingerprint density at radius 2 is 2.18 bits per heavy atom. The third-order valence-corrected chi connectivity index (χ3v) is 1.99. The summed E-state index contributed by atoms with van der Waals surface area (Å²) in [4.78, 5) is 0. The quantitative estimate of drug-likeness (QED) is 0.647. The molecule has 0 aliphatic carbocycles. The van der Waals surface area contributed by atoms with Crippen molar-refractivity contribution in [3.63, 3.8) is 0 Å². The molecule has 0 aliphatic rings. The number of unbranched alkanes of at least 4 members (excludes halogenated alkanes) is 1. The van der Waals surface area contributed by atoms with Crippen LogP contribution in [0.4, 0.5) is 0 Å². The fraction of sp³-hybridized carbons (Fsp3) is 0.667.